The first kappa shape index (κ1) is 9.57. The van der Waals surface area contributed by atoms with Crippen LogP contribution < -0.4 is 5.73 Å². The molecule has 0 saturated heterocycles. The second-order valence-electron chi connectivity index (χ2n) is 3.92. The molecule has 13 heavy (non-hydrogen) atoms. The molecule has 0 unspecified atom stereocenters. The standard InChI is InChI=1S/C8H13N3O2/c1-8(2,3)6-4(9)5(7(12)13)10-11-6/h9H2,1-3H3,(H,10,11)(H,12,13). The summed E-state index contributed by atoms with van der Waals surface area (Å²) >= 11 is 0. The number of aromatic carboxylic acids is 1. The molecular formula is C8H13N3O2. The Morgan fingerprint density at radius 2 is 2.08 bits per heavy atom. The van der Waals surface area contributed by atoms with E-state index >= 15 is 0 Å². The van der Waals surface area contributed by atoms with Gasteiger partial charge in [0.1, 0.15) is 0 Å². The lowest BCUT2D eigenvalue weighted by Crippen LogP contribution is -2.14. The predicted octanol–water partition coefficient (Wildman–Crippen LogP) is 0.988. The van der Waals surface area contributed by atoms with E-state index in [1.54, 1.807) is 0 Å². The highest BCUT2D eigenvalue weighted by atomic mass is 16.4. The van der Waals surface area contributed by atoms with E-state index in [1.165, 1.54) is 0 Å². The normalized spacial score (nSPS) is 11.6. The van der Waals surface area contributed by atoms with E-state index in [4.69, 9.17) is 10.8 Å². The van der Waals surface area contributed by atoms with E-state index in [0.29, 0.717) is 5.69 Å². The molecule has 1 aromatic rings. The third-order valence-electron chi connectivity index (χ3n) is 1.76. The highest BCUT2D eigenvalue weighted by Crippen LogP contribution is 2.27. The van der Waals surface area contributed by atoms with Crippen LogP contribution in [0.1, 0.15) is 37.0 Å². The fraction of sp³-hybridized carbons (Fsp3) is 0.500. The van der Waals surface area contributed by atoms with Gasteiger partial charge < -0.3 is 10.8 Å². The minimum absolute atomic E-state index is 0.107. The van der Waals surface area contributed by atoms with Crippen LogP contribution >= 0.6 is 0 Å². The van der Waals surface area contributed by atoms with Gasteiger partial charge in [-0.1, -0.05) is 20.8 Å². The number of aromatic nitrogens is 2. The van der Waals surface area contributed by atoms with Gasteiger partial charge in [-0.3, -0.25) is 5.10 Å². The van der Waals surface area contributed by atoms with Gasteiger partial charge in [0.2, 0.25) is 0 Å². The van der Waals surface area contributed by atoms with Crippen LogP contribution in [0.4, 0.5) is 5.69 Å². The molecule has 0 bridgehead atoms. The second kappa shape index (κ2) is 2.76. The molecule has 0 fully saturated rings. The highest BCUT2D eigenvalue weighted by molar-refractivity contribution is 5.92. The van der Waals surface area contributed by atoms with E-state index in [9.17, 15) is 4.79 Å². The van der Waals surface area contributed by atoms with E-state index in [1.807, 2.05) is 20.8 Å². The van der Waals surface area contributed by atoms with Gasteiger partial charge in [-0.15, -0.1) is 0 Å². The van der Waals surface area contributed by atoms with Crippen molar-refractivity contribution in [2.45, 2.75) is 26.2 Å². The fourth-order valence-electron chi connectivity index (χ4n) is 1.09. The van der Waals surface area contributed by atoms with Gasteiger partial charge in [0.05, 0.1) is 11.4 Å². The summed E-state index contributed by atoms with van der Waals surface area (Å²) in [5.74, 6) is -1.11. The zero-order valence-corrected chi connectivity index (χ0v) is 7.88. The van der Waals surface area contributed by atoms with Gasteiger partial charge >= 0.3 is 5.97 Å². The van der Waals surface area contributed by atoms with Crippen LogP contribution in [0.15, 0.2) is 0 Å². The van der Waals surface area contributed by atoms with E-state index in [0.717, 1.165) is 0 Å². The Morgan fingerprint density at radius 3 is 2.31 bits per heavy atom. The minimum Gasteiger partial charge on any atom is -0.476 e. The number of rotatable bonds is 1. The van der Waals surface area contributed by atoms with Gasteiger partial charge in [-0.2, -0.15) is 5.10 Å². The summed E-state index contributed by atoms with van der Waals surface area (Å²) in [5, 5.41) is 15.0. The fourth-order valence-corrected chi connectivity index (χ4v) is 1.09. The molecule has 72 valence electrons. The van der Waals surface area contributed by atoms with E-state index in [2.05, 4.69) is 10.2 Å². The molecule has 0 atom stereocenters. The van der Waals surface area contributed by atoms with Gasteiger partial charge in [0, 0.05) is 5.41 Å². The molecule has 4 N–H and O–H groups in total. The number of aromatic amines is 1. The Balaban J connectivity index is 3.22. The van der Waals surface area contributed by atoms with Crippen LogP contribution in [0, 0.1) is 0 Å². The third-order valence-corrected chi connectivity index (χ3v) is 1.76. The van der Waals surface area contributed by atoms with Crippen LogP contribution in [0.25, 0.3) is 0 Å². The Morgan fingerprint density at radius 1 is 1.54 bits per heavy atom. The van der Waals surface area contributed by atoms with Crippen molar-refractivity contribution >= 4 is 11.7 Å². The van der Waals surface area contributed by atoms with E-state index < -0.39 is 5.97 Å². The monoisotopic (exact) mass is 183 g/mol. The highest BCUT2D eigenvalue weighted by Gasteiger charge is 2.24. The first-order chi connectivity index (χ1) is 5.84. The molecule has 0 radical (unpaired) electrons. The van der Waals surface area contributed by atoms with Crippen molar-refractivity contribution in [3.8, 4) is 0 Å². The zero-order valence-electron chi connectivity index (χ0n) is 7.88. The van der Waals surface area contributed by atoms with Crippen molar-refractivity contribution in [1.82, 2.24) is 10.2 Å². The Hall–Kier alpha value is -1.52. The van der Waals surface area contributed by atoms with Gasteiger partial charge in [0.15, 0.2) is 5.69 Å². The van der Waals surface area contributed by atoms with Crippen LogP contribution in [-0.2, 0) is 5.41 Å². The average Bonchev–Trinajstić information content (AvgIpc) is 2.28. The Kier molecular flexibility index (Phi) is 2.03. The summed E-state index contributed by atoms with van der Waals surface area (Å²) in [7, 11) is 0. The number of anilines is 1. The van der Waals surface area contributed by atoms with Crippen LogP contribution in [0.2, 0.25) is 0 Å². The second-order valence-corrected chi connectivity index (χ2v) is 3.92. The number of nitrogens with two attached hydrogens (primary N) is 1. The molecule has 0 aliphatic rings. The van der Waals surface area contributed by atoms with Gasteiger partial charge in [-0.25, -0.2) is 4.79 Å². The molecule has 5 nitrogen and oxygen atoms in total. The Bertz CT molecular complexity index is 336. The zero-order chi connectivity index (χ0) is 10.2. The quantitative estimate of drug-likeness (QED) is 0.605. The first-order valence-corrected chi connectivity index (χ1v) is 3.91. The van der Waals surface area contributed by atoms with Crippen LogP contribution in [0.5, 0.6) is 0 Å². The number of hydrogen-bond donors (Lipinski definition) is 3. The predicted molar refractivity (Wildman–Crippen MR) is 48.7 cm³/mol. The topological polar surface area (TPSA) is 92.0 Å². The molecule has 5 heteroatoms. The number of carboxylic acids is 1. The first-order valence-electron chi connectivity index (χ1n) is 3.91. The maximum Gasteiger partial charge on any atom is 0.358 e. The largest absolute Gasteiger partial charge is 0.476 e. The summed E-state index contributed by atoms with van der Waals surface area (Å²) in [4.78, 5) is 10.6. The number of nitrogens with zero attached hydrogens (tertiary/aromatic N) is 1. The smallest absolute Gasteiger partial charge is 0.358 e. The molecule has 0 aliphatic carbocycles. The third kappa shape index (κ3) is 1.63. The van der Waals surface area contributed by atoms with Gasteiger partial charge in [-0.05, 0) is 0 Å². The summed E-state index contributed by atoms with van der Waals surface area (Å²) < 4.78 is 0. The summed E-state index contributed by atoms with van der Waals surface area (Å²) in [6.07, 6.45) is 0. The molecule has 0 aromatic carbocycles. The molecule has 1 aromatic heterocycles. The molecule has 0 spiro atoms. The maximum absolute atomic E-state index is 10.6. The molecular weight excluding hydrogens is 170 g/mol. The molecule has 0 amide bonds. The summed E-state index contributed by atoms with van der Waals surface area (Å²) in [5.41, 5.74) is 6.17. The summed E-state index contributed by atoms with van der Waals surface area (Å²) in [6.45, 7) is 5.80. The number of carboxylic acid groups (broad SMARTS) is 1. The van der Waals surface area contributed by atoms with Crippen LogP contribution in [0.3, 0.4) is 0 Å². The van der Waals surface area contributed by atoms with E-state index in [-0.39, 0.29) is 16.8 Å². The van der Waals surface area contributed by atoms with Crippen LogP contribution in [-0.4, -0.2) is 21.3 Å². The number of carbonyl (C=O) groups is 1. The maximum atomic E-state index is 10.6. The molecule has 0 aliphatic heterocycles. The van der Waals surface area contributed by atoms with Crippen molar-refractivity contribution in [3.63, 3.8) is 0 Å². The number of hydrogen-bond acceptors (Lipinski definition) is 3. The van der Waals surface area contributed by atoms with Crippen molar-refractivity contribution in [1.29, 1.82) is 0 Å². The Labute approximate surface area is 75.9 Å². The lowest BCUT2D eigenvalue weighted by molar-refractivity contribution is 0.0691. The number of nitrogen functional groups attached to an aromatic ring is 1. The van der Waals surface area contributed by atoms with Crippen molar-refractivity contribution in [2.75, 3.05) is 5.73 Å². The van der Waals surface area contributed by atoms with Crippen molar-refractivity contribution < 1.29 is 9.90 Å². The number of nitrogens with one attached hydrogen (secondary N) is 1. The number of H-pyrrole nitrogens is 1. The molecule has 0 saturated carbocycles. The average molecular weight is 183 g/mol. The van der Waals surface area contributed by atoms with Gasteiger partial charge in [0.25, 0.3) is 0 Å². The minimum atomic E-state index is -1.11. The molecule has 1 heterocycles. The lowest BCUT2D eigenvalue weighted by Gasteiger charge is -2.16. The van der Waals surface area contributed by atoms with Crippen molar-refractivity contribution in [2.24, 2.45) is 0 Å². The lowest BCUT2D eigenvalue weighted by atomic mass is 9.91. The summed E-state index contributed by atoms with van der Waals surface area (Å²) in [6, 6.07) is 0. The van der Waals surface area contributed by atoms with Crippen molar-refractivity contribution in [3.05, 3.63) is 11.4 Å². The molecule has 1 rings (SSSR count). The SMILES string of the molecule is CC(C)(C)c1[nH]nc(C(=O)O)c1N.